The van der Waals surface area contributed by atoms with Crippen LogP contribution in [-0.2, 0) is 4.57 Å². The molecule has 47 heavy (non-hydrogen) atoms. The Morgan fingerprint density at radius 2 is 0.766 bits per heavy atom. The molecule has 234 valence electrons. The molecular formula is C39H33O5P3. The van der Waals surface area contributed by atoms with Crippen LogP contribution < -0.4 is 50.3 Å². The molecule has 7 rings (SSSR count). The Labute approximate surface area is 278 Å². The molecular weight excluding hydrogens is 641 g/mol. The Balaban J connectivity index is 1.66. The Morgan fingerprint density at radius 3 is 1.04 bits per heavy atom. The topological polar surface area (TPSA) is 54.0 Å². The van der Waals surface area contributed by atoms with Crippen molar-refractivity contribution in [2.24, 2.45) is 0 Å². The molecule has 0 saturated carbocycles. The molecule has 0 spiro atoms. The molecule has 0 aliphatic carbocycles. The fraction of sp³-hybridized carbons (Fsp3) is 0.0769. The molecule has 1 aliphatic rings. The van der Waals surface area contributed by atoms with Crippen LogP contribution in [0.25, 0.3) is 11.1 Å². The summed E-state index contributed by atoms with van der Waals surface area (Å²) in [5.41, 5.74) is 1.59. The van der Waals surface area contributed by atoms with E-state index in [0.29, 0.717) is 23.0 Å². The molecule has 8 heteroatoms. The van der Waals surface area contributed by atoms with Crippen molar-refractivity contribution < 1.29 is 23.1 Å². The maximum absolute atomic E-state index is 14.0. The summed E-state index contributed by atoms with van der Waals surface area (Å²) in [5, 5.41) is 6.48. The summed E-state index contributed by atoms with van der Waals surface area (Å²) in [5.74, 6) is 2.38. The molecule has 0 unspecified atom stereocenters. The first-order chi connectivity index (χ1) is 23.0. The van der Waals surface area contributed by atoms with Crippen molar-refractivity contribution in [1.29, 1.82) is 0 Å². The predicted molar refractivity (Wildman–Crippen MR) is 197 cm³/mol. The number of hydrogen-bond acceptors (Lipinski definition) is 5. The van der Waals surface area contributed by atoms with Crippen molar-refractivity contribution in [3.8, 4) is 34.1 Å². The van der Waals surface area contributed by atoms with Gasteiger partial charge in [-0.15, -0.1) is 0 Å². The maximum Gasteiger partial charge on any atom is 0.427 e. The Bertz CT molecular complexity index is 1830. The smallest absolute Gasteiger partial charge is 0.427 e. The first kappa shape index (κ1) is 31.2. The largest absolute Gasteiger partial charge is 0.496 e. The lowest BCUT2D eigenvalue weighted by molar-refractivity contribution is 0.396. The van der Waals surface area contributed by atoms with Crippen molar-refractivity contribution in [2.75, 3.05) is 20.9 Å². The van der Waals surface area contributed by atoms with Gasteiger partial charge in [0.25, 0.3) is 0 Å². The number of fused-ring (bicyclic) bond motifs is 3. The minimum atomic E-state index is -3.60. The Kier molecular flexibility index (Phi) is 8.89. The summed E-state index contributed by atoms with van der Waals surface area (Å²) >= 11 is 0. The van der Waals surface area contributed by atoms with Gasteiger partial charge in [-0.25, -0.2) is 4.57 Å². The molecule has 1 aliphatic heterocycles. The van der Waals surface area contributed by atoms with Gasteiger partial charge in [0.1, 0.15) is 23.0 Å². The van der Waals surface area contributed by atoms with Crippen molar-refractivity contribution in [3.05, 3.63) is 146 Å². The molecule has 5 nitrogen and oxygen atoms in total. The second-order valence-corrected chi connectivity index (χ2v) is 17.2. The van der Waals surface area contributed by atoms with Gasteiger partial charge in [0.2, 0.25) is 0 Å². The van der Waals surface area contributed by atoms with Crippen LogP contribution >= 0.6 is 23.4 Å². The lowest BCUT2D eigenvalue weighted by atomic mass is 10.0. The summed E-state index contributed by atoms with van der Waals surface area (Å²) in [6, 6.07) is 49.4. The third-order valence-electron chi connectivity index (χ3n) is 7.93. The third-order valence-corrected chi connectivity index (χ3v) is 14.0. The predicted octanol–water partition coefficient (Wildman–Crippen LogP) is 7.48. The quantitative estimate of drug-likeness (QED) is 0.157. The maximum atomic E-state index is 14.0. The first-order valence-corrected chi connectivity index (χ1v) is 19.9. The van der Waals surface area contributed by atoms with Gasteiger partial charge >= 0.3 is 7.60 Å². The van der Waals surface area contributed by atoms with E-state index in [4.69, 9.17) is 18.5 Å². The zero-order valence-corrected chi connectivity index (χ0v) is 28.9. The number of hydrogen-bond donors (Lipinski definition) is 0. The highest BCUT2D eigenvalue weighted by atomic mass is 31.2. The van der Waals surface area contributed by atoms with Crippen molar-refractivity contribution in [1.82, 2.24) is 0 Å². The van der Waals surface area contributed by atoms with E-state index in [1.165, 1.54) is 6.66 Å². The van der Waals surface area contributed by atoms with Crippen LogP contribution in [0.5, 0.6) is 23.0 Å². The molecule has 1 heterocycles. The summed E-state index contributed by atoms with van der Waals surface area (Å²) in [7, 11) is -2.59. The fourth-order valence-corrected chi connectivity index (χ4v) is 12.2. The second kappa shape index (κ2) is 13.4. The molecule has 0 bridgehead atoms. The zero-order valence-electron chi connectivity index (χ0n) is 26.2. The van der Waals surface area contributed by atoms with E-state index in [9.17, 15) is 4.57 Å². The van der Waals surface area contributed by atoms with Gasteiger partial charge in [-0.2, -0.15) is 0 Å². The number of benzene rings is 6. The van der Waals surface area contributed by atoms with Crippen LogP contribution in [0.2, 0.25) is 0 Å². The van der Waals surface area contributed by atoms with Gasteiger partial charge in [-0.3, -0.25) is 0 Å². The van der Waals surface area contributed by atoms with E-state index < -0.39 is 23.4 Å². The van der Waals surface area contributed by atoms with Crippen LogP contribution in [-0.4, -0.2) is 20.9 Å². The van der Waals surface area contributed by atoms with E-state index in [-0.39, 0.29) is 0 Å². The second-order valence-electron chi connectivity index (χ2n) is 10.9. The van der Waals surface area contributed by atoms with E-state index in [1.54, 1.807) is 14.2 Å². The van der Waals surface area contributed by atoms with Crippen molar-refractivity contribution in [3.63, 3.8) is 0 Å². The Hall–Kier alpha value is -4.39. The molecule has 6 aromatic rings. The molecule has 0 radical (unpaired) electrons. The normalized spacial score (nSPS) is 13.1. The highest BCUT2D eigenvalue weighted by Crippen LogP contribution is 2.58. The fourth-order valence-electron chi connectivity index (χ4n) is 6.01. The highest BCUT2D eigenvalue weighted by molar-refractivity contribution is 7.81. The van der Waals surface area contributed by atoms with E-state index in [2.05, 4.69) is 97.1 Å². The third kappa shape index (κ3) is 6.08. The van der Waals surface area contributed by atoms with Gasteiger partial charge in [0.05, 0.1) is 20.9 Å². The lowest BCUT2D eigenvalue weighted by Crippen LogP contribution is -2.27. The standard InChI is InChI=1S/C39H33O5P3/c1-41-34-26-24-32-36(38(34)45(28-16-8-4-9-17-28)29-18-10-5-11-19-29)37-33(44-47(3,40)43-32)25-27-35(42-2)39(37)46(30-20-12-6-13-21-30)31-22-14-7-15-23-31/h4-27H,1-3H3. The van der Waals surface area contributed by atoms with E-state index in [1.807, 2.05) is 48.5 Å². The summed E-state index contributed by atoms with van der Waals surface area (Å²) in [6.07, 6.45) is 0. The molecule has 0 atom stereocenters. The van der Waals surface area contributed by atoms with Crippen LogP contribution in [0.3, 0.4) is 0 Å². The van der Waals surface area contributed by atoms with E-state index in [0.717, 1.165) is 43.0 Å². The number of ether oxygens (including phenoxy) is 2. The SMILES string of the molecule is COc1ccc2c(c1P(c1ccccc1)c1ccccc1)-c1c(ccc(OC)c1P(c1ccccc1)c1ccccc1)OP(C)(=O)O2. The molecule has 0 N–H and O–H groups in total. The van der Waals surface area contributed by atoms with Crippen LogP contribution in [0.1, 0.15) is 0 Å². The highest BCUT2D eigenvalue weighted by Gasteiger charge is 2.38. The number of methoxy groups -OCH3 is 2. The molecule has 0 saturated heterocycles. The molecule has 0 fully saturated rings. The van der Waals surface area contributed by atoms with Gasteiger partial charge in [0, 0.05) is 21.7 Å². The Morgan fingerprint density at radius 1 is 0.468 bits per heavy atom. The molecule has 0 aromatic heterocycles. The van der Waals surface area contributed by atoms with Crippen LogP contribution in [0.4, 0.5) is 0 Å². The average molecular weight is 675 g/mol. The van der Waals surface area contributed by atoms with Crippen molar-refractivity contribution in [2.45, 2.75) is 0 Å². The van der Waals surface area contributed by atoms with Crippen LogP contribution in [0.15, 0.2) is 146 Å². The first-order valence-electron chi connectivity index (χ1n) is 15.2. The summed E-state index contributed by atoms with van der Waals surface area (Å²) < 4.78 is 39.1. The average Bonchev–Trinajstić information content (AvgIpc) is 3.23. The summed E-state index contributed by atoms with van der Waals surface area (Å²) in [4.78, 5) is 0. The van der Waals surface area contributed by atoms with Gasteiger partial charge in [0.15, 0.2) is 0 Å². The van der Waals surface area contributed by atoms with E-state index >= 15 is 0 Å². The summed E-state index contributed by atoms with van der Waals surface area (Å²) in [6.45, 7) is 1.52. The van der Waals surface area contributed by atoms with Crippen LogP contribution in [0, 0.1) is 0 Å². The van der Waals surface area contributed by atoms with Crippen molar-refractivity contribution >= 4 is 55.3 Å². The van der Waals surface area contributed by atoms with Gasteiger partial charge < -0.3 is 18.5 Å². The minimum Gasteiger partial charge on any atom is -0.496 e. The lowest BCUT2D eigenvalue weighted by Gasteiger charge is -2.29. The zero-order chi connectivity index (χ0) is 32.4. The van der Waals surface area contributed by atoms with Gasteiger partial charge in [-0.1, -0.05) is 121 Å². The van der Waals surface area contributed by atoms with Gasteiger partial charge in [-0.05, 0) is 61.3 Å². The molecule has 0 amide bonds. The monoisotopic (exact) mass is 674 g/mol. The minimum absolute atomic E-state index is 0.482. The number of rotatable bonds is 8. The molecule has 6 aromatic carbocycles.